The first-order valence-corrected chi connectivity index (χ1v) is 13.1. The van der Waals surface area contributed by atoms with Gasteiger partial charge in [0.05, 0.1) is 16.2 Å². The van der Waals surface area contributed by atoms with Crippen LogP contribution < -0.4 is 29.6 Å². The summed E-state index contributed by atoms with van der Waals surface area (Å²) in [5.41, 5.74) is 0. The Morgan fingerprint density at radius 3 is 1.32 bits per heavy atom. The van der Waals surface area contributed by atoms with E-state index in [0.717, 1.165) is 44.9 Å². The van der Waals surface area contributed by atoms with Crippen LogP contribution in [0.1, 0.15) is 129 Å². The van der Waals surface area contributed by atoms with E-state index in [1.807, 2.05) is 0 Å². The Morgan fingerprint density at radius 1 is 0.643 bits per heavy atom. The van der Waals surface area contributed by atoms with Gasteiger partial charge in [0.15, 0.2) is 0 Å². The summed E-state index contributed by atoms with van der Waals surface area (Å²) >= 11 is 0. The van der Waals surface area contributed by atoms with Crippen molar-refractivity contribution in [2.75, 3.05) is 5.75 Å². The van der Waals surface area contributed by atoms with E-state index in [4.69, 9.17) is 0 Å². The van der Waals surface area contributed by atoms with E-state index in [2.05, 4.69) is 6.92 Å². The minimum Gasteiger partial charge on any atom is -0.748 e. The van der Waals surface area contributed by atoms with E-state index >= 15 is 0 Å². The van der Waals surface area contributed by atoms with Crippen molar-refractivity contribution in [1.82, 2.24) is 0 Å². The first-order chi connectivity index (χ1) is 13.0. The summed E-state index contributed by atoms with van der Waals surface area (Å²) in [5, 5.41) is 10.00. The predicted molar refractivity (Wildman–Crippen MR) is 114 cm³/mol. The molecule has 4 nitrogen and oxygen atoms in total. The number of hydrogen-bond donors (Lipinski definition) is 1. The van der Waals surface area contributed by atoms with E-state index in [9.17, 15) is 18.1 Å². The van der Waals surface area contributed by atoms with E-state index in [1.165, 1.54) is 70.6 Å². The zero-order valence-corrected chi connectivity index (χ0v) is 21.6. The van der Waals surface area contributed by atoms with Gasteiger partial charge in [0, 0.05) is 5.75 Å². The van der Waals surface area contributed by atoms with E-state index in [1.54, 1.807) is 0 Å². The largest absolute Gasteiger partial charge is 1.00 e. The van der Waals surface area contributed by atoms with Crippen LogP contribution >= 0.6 is 0 Å². The standard InChI is InChI=1S/C22H46O4S.Na/c1-2-3-4-5-6-7-8-9-10-11-13-16-19-22(23)20-17-14-12-15-18-21-27(24,25)26;/h22-23H,2-21H2,1H3,(H,24,25,26);/q;+1/p-1. The van der Waals surface area contributed by atoms with Crippen LogP contribution in [0.2, 0.25) is 0 Å². The molecule has 0 radical (unpaired) electrons. The molecule has 1 atom stereocenters. The second-order valence-electron chi connectivity index (χ2n) is 8.15. The topological polar surface area (TPSA) is 77.4 Å². The maximum atomic E-state index is 10.5. The quantitative estimate of drug-likeness (QED) is 0.173. The number of aliphatic hydroxyl groups excluding tert-OH is 1. The summed E-state index contributed by atoms with van der Waals surface area (Å²) in [6.07, 6.45) is 21.8. The van der Waals surface area contributed by atoms with Gasteiger partial charge in [0.1, 0.15) is 0 Å². The molecule has 1 N–H and O–H groups in total. The maximum absolute atomic E-state index is 10.5. The Morgan fingerprint density at radius 2 is 0.964 bits per heavy atom. The molecule has 0 aromatic carbocycles. The second-order valence-corrected chi connectivity index (χ2v) is 9.67. The molecule has 0 saturated carbocycles. The van der Waals surface area contributed by atoms with Crippen LogP contribution in [-0.2, 0) is 10.1 Å². The van der Waals surface area contributed by atoms with Crippen molar-refractivity contribution in [1.29, 1.82) is 0 Å². The van der Waals surface area contributed by atoms with Gasteiger partial charge in [-0.25, -0.2) is 8.42 Å². The first kappa shape index (κ1) is 31.1. The van der Waals surface area contributed by atoms with Crippen LogP contribution in [0.25, 0.3) is 0 Å². The summed E-state index contributed by atoms with van der Waals surface area (Å²) in [5.74, 6) is -0.241. The Bertz CT molecular complexity index is 401. The van der Waals surface area contributed by atoms with Crippen LogP contribution in [0.5, 0.6) is 0 Å². The molecule has 0 saturated heterocycles. The molecule has 0 bridgehead atoms. The molecule has 164 valence electrons. The SMILES string of the molecule is CCCCCCCCCCCCCCC(O)CCCCCCCS(=O)(=O)[O-].[Na+]. The fourth-order valence-electron chi connectivity index (χ4n) is 3.55. The molecule has 0 aliphatic heterocycles. The number of aliphatic hydroxyl groups is 1. The van der Waals surface area contributed by atoms with Gasteiger partial charge in [-0.1, -0.05) is 110 Å². The Balaban J connectivity index is 0. The molecule has 0 heterocycles. The molecule has 0 aromatic rings. The molecule has 0 aromatic heterocycles. The Hall–Kier alpha value is 0.870. The van der Waals surface area contributed by atoms with Crippen LogP contribution in [0.3, 0.4) is 0 Å². The van der Waals surface area contributed by atoms with Gasteiger partial charge >= 0.3 is 29.6 Å². The minimum absolute atomic E-state index is 0. The number of unbranched alkanes of at least 4 members (excludes halogenated alkanes) is 15. The van der Waals surface area contributed by atoms with Gasteiger partial charge < -0.3 is 9.66 Å². The summed E-state index contributed by atoms with van der Waals surface area (Å²) in [6.45, 7) is 2.26. The summed E-state index contributed by atoms with van der Waals surface area (Å²) in [7, 11) is -4.05. The zero-order valence-electron chi connectivity index (χ0n) is 18.8. The first-order valence-electron chi connectivity index (χ1n) is 11.6. The fourth-order valence-corrected chi connectivity index (χ4v) is 4.11. The summed E-state index contributed by atoms with van der Waals surface area (Å²) < 4.78 is 31.4. The van der Waals surface area contributed by atoms with Crippen molar-refractivity contribution in [2.45, 2.75) is 135 Å². The average Bonchev–Trinajstić information content (AvgIpc) is 2.61. The molecule has 0 aliphatic rings. The van der Waals surface area contributed by atoms with E-state index < -0.39 is 10.1 Å². The Kier molecular flexibility index (Phi) is 25.0. The normalized spacial score (nSPS) is 12.7. The Labute approximate surface area is 197 Å². The molecule has 28 heavy (non-hydrogen) atoms. The second kappa shape index (κ2) is 22.6. The van der Waals surface area contributed by atoms with Crippen molar-refractivity contribution in [3.8, 4) is 0 Å². The molecule has 0 fully saturated rings. The third-order valence-corrected chi connectivity index (χ3v) is 6.11. The van der Waals surface area contributed by atoms with Gasteiger partial charge in [-0.15, -0.1) is 0 Å². The third kappa shape index (κ3) is 26.9. The fraction of sp³-hybridized carbons (Fsp3) is 1.00. The van der Waals surface area contributed by atoms with Gasteiger partial charge in [-0.05, 0) is 19.3 Å². The monoisotopic (exact) mass is 428 g/mol. The molecule has 0 rings (SSSR count). The number of hydrogen-bond acceptors (Lipinski definition) is 4. The summed E-state index contributed by atoms with van der Waals surface area (Å²) in [4.78, 5) is 0. The van der Waals surface area contributed by atoms with Crippen LogP contribution in [0.15, 0.2) is 0 Å². The maximum Gasteiger partial charge on any atom is 1.00 e. The van der Waals surface area contributed by atoms with Crippen LogP contribution in [-0.4, -0.2) is 29.9 Å². The molecular weight excluding hydrogens is 383 g/mol. The van der Waals surface area contributed by atoms with Gasteiger partial charge in [0.2, 0.25) is 0 Å². The van der Waals surface area contributed by atoms with Gasteiger partial charge in [-0.3, -0.25) is 0 Å². The summed E-state index contributed by atoms with van der Waals surface area (Å²) in [6, 6.07) is 0. The minimum atomic E-state index is -4.05. The van der Waals surface area contributed by atoms with Crippen molar-refractivity contribution in [3.05, 3.63) is 0 Å². The predicted octanol–water partition coefficient (Wildman–Crippen LogP) is 3.33. The average molecular weight is 429 g/mol. The molecule has 0 spiro atoms. The van der Waals surface area contributed by atoms with Crippen LogP contribution in [0, 0.1) is 0 Å². The van der Waals surface area contributed by atoms with Crippen molar-refractivity contribution >= 4 is 10.1 Å². The van der Waals surface area contributed by atoms with Crippen molar-refractivity contribution in [3.63, 3.8) is 0 Å². The van der Waals surface area contributed by atoms with Crippen LogP contribution in [0.4, 0.5) is 0 Å². The van der Waals surface area contributed by atoms with Crippen molar-refractivity contribution in [2.24, 2.45) is 0 Å². The zero-order chi connectivity index (χ0) is 20.2. The van der Waals surface area contributed by atoms with Crippen molar-refractivity contribution < 1.29 is 47.6 Å². The molecule has 1 unspecified atom stereocenters. The molecule has 6 heteroatoms. The smallest absolute Gasteiger partial charge is 0.748 e. The van der Waals surface area contributed by atoms with Gasteiger partial charge in [-0.2, -0.15) is 0 Å². The molecular formula is C22H45NaO4S. The third-order valence-electron chi connectivity index (χ3n) is 5.32. The number of rotatable bonds is 21. The van der Waals surface area contributed by atoms with E-state index in [-0.39, 0.29) is 41.4 Å². The van der Waals surface area contributed by atoms with Gasteiger partial charge in [0.25, 0.3) is 0 Å². The van der Waals surface area contributed by atoms with E-state index in [0.29, 0.717) is 6.42 Å². The molecule has 0 aliphatic carbocycles. The molecule has 0 amide bonds.